The first-order valence-corrected chi connectivity index (χ1v) is 7.86. The highest BCUT2D eigenvalue weighted by atomic mass is 35.5. The highest BCUT2D eigenvalue weighted by molar-refractivity contribution is 6.31. The van der Waals surface area contributed by atoms with Crippen LogP contribution in [0, 0.1) is 13.8 Å². The number of likely N-dealkylation sites (N-methyl/N-ethyl adjacent to an activating group) is 1. The summed E-state index contributed by atoms with van der Waals surface area (Å²) in [6.45, 7) is 9.06. The lowest BCUT2D eigenvalue weighted by Crippen LogP contribution is -2.24. The summed E-state index contributed by atoms with van der Waals surface area (Å²) in [6, 6.07) is 2.29. The Balaban J connectivity index is 2.33. The summed E-state index contributed by atoms with van der Waals surface area (Å²) in [7, 11) is 1.96. The van der Waals surface area contributed by atoms with Crippen molar-refractivity contribution in [3.63, 3.8) is 0 Å². The predicted octanol–water partition coefficient (Wildman–Crippen LogP) is 3.74. The van der Waals surface area contributed by atoms with Crippen LogP contribution in [0.25, 0.3) is 0 Å². The number of nitrogens with zero attached hydrogens (tertiary/aromatic N) is 2. The van der Waals surface area contributed by atoms with Crippen molar-refractivity contribution in [2.24, 2.45) is 7.05 Å². The SMILES string of the molecule is CCNC(Cc1c(Cl)c(CC)nn1C)c1cc(C)oc1C. The number of rotatable bonds is 6. The summed E-state index contributed by atoms with van der Waals surface area (Å²) in [5.74, 6) is 1.91. The molecule has 0 saturated heterocycles. The Morgan fingerprint density at radius 1 is 1.38 bits per heavy atom. The van der Waals surface area contributed by atoms with E-state index in [0.29, 0.717) is 0 Å². The summed E-state index contributed by atoms with van der Waals surface area (Å²) >= 11 is 6.47. The van der Waals surface area contributed by atoms with Gasteiger partial charge in [-0.25, -0.2) is 0 Å². The number of nitrogens with one attached hydrogen (secondary N) is 1. The largest absolute Gasteiger partial charge is 0.466 e. The van der Waals surface area contributed by atoms with Gasteiger partial charge in [0.2, 0.25) is 0 Å². The monoisotopic (exact) mass is 309 g/mol. The molecule has 0 radical (unpaired) electrons. The van der Waals surface area contributed by atoms with Crippen LogP contribution in [0.2, 0.25) is 5.02 Å². The second-order valence-electron chi connectivity index (χ2n) is 5.37. The topological polar surface area (TPSA) is 43.0 Å². The Morgan fingerprint density at radius 2 is 2.10 bits per heavy atom. The molecule has 0 fully saturated rings. The van der Waals surface area contributed by atoms with Gasteiger partial charge in [-0.3, -0.25) is 4.68 Å². The fourth-order valence-electron chi connectivity index (χ4n) is 2.77. The van der Waals surface area contributed by atoms with Gasteiger partial charge in [0, 0.05) is 25.1 Å². The third-order valence-corrected chi connectivity index (χ3v) is 4.24. The molecule has 0 bridgehead atoms. The van der Waals surface area contributed by atoms with E-state index in [1.165, 1.54) is 5.56 Å². The molecule has 0 aromatic carbocycles. The summed E-state index contributed by atoms with van der Waals surface area (Å²) in [6.07, 6.45) is 1.65. The minimum Gasteiger partial charge on any atom is -0.466 e. The molecule has 2 rings (SSSR count). The van der Waals surface area contributed by atoms with E-state index in [9.17, 15) is 0 Å². The van der Waals surface area contributed by atoms with Gasteiger partial charge in [0.1, 0.15) is 11.5 Å². The molecule has 0 amide bonds. The second-order valence-corrected chi connectivity index (χ2v) is 5.75. The molecule has 0 aliphatic carbocycles. The molecule has 1 atom stereocenters. The van der Waals surface area contributed by atoms with Gasteiger partial charge in [0.05, 0.1) is 16.4 Å². The third kappa shape index (κ3) is 3.33. The Kier molecular flexibility index (Phi) is 5.12. The molecule has 0 saturated carbocycles. The van der Waals surface area contributed by atoms with Crippen molar-refractivity contribution in [3.8, 4) is 0 Å². The first-order valence-electron chi connectivity index (χ1n) is 7.48. The highest BCUT2D eigenvalue weighted by Gasteiger charge is 2.21. The molecule has 1 unspecified atom stereocenters. The van der Waals surface area contributed by atoms with E-state index in [1.807, 2.05) is 25.6 Å². The average molecular weight is 310 g/mol. The maximum Gasteiger partial charge on any atom is 0.105 e. The Bertz CT molecular complexity index is 615. The van der Waals surface area contributed by atoms with Crippen molar-refractivity contribution >= 4 is 11.6 Å². The number of hydrogen-bond acceptors (Lipinski definition) is 3. The zero-order valence-corrected chi connectivity index (χ0v) is 14.2. The standard InChI is InChI=1S/C16H24ClN3O/c1-6-13-16(17)15(20(5)19-13)9-14(18-7-2)12-8-10(3)21-11(12)4/h8,14,18H,6-7,9H2,1-5H3. The maximum atomic E-state index is 6.47. The molecule has 4 nitrogen and oxygen atoms in total. The van der Waals surface area contributed by atoms with Crippen molar-refractivity contribution in [3.05, 3.63) is 39.6 Å². The zero-order chi connectivity index (χ0) is 15.6. The quantitative estimate of drug-likeness (QED) is 0.884. The van der Waals surface area contributed by atoms with Gasteiger partial charge in [-0.1, -0.05) is 25.4 Å². The summed E-state index contributed by atoms with van der Waals surface area (Å²) in [5.41, 5.74) is 3.23. The normalized spacial score (nSPS) is 12.9. The summed E-state index contributed by atoms with van der Waals surface area (Å²) in [4.78, 5) is 0. The van der Waals surface area contributed by atoms with Gasteiger partial charge in [-0.05, 0) is 32.9 Å². The van der Waals surface area contributed by atoms with Gasteiger partial charge in [0.25, 0.3) is 0 Å². The van der Waals surface area contributed by atoms with Gasteiger partial charge in [0.15, 0.2) is 0 Å². The van der Waals surface area contributed by atoms with Crippen molar-refractivity contribution in [1.29, 1.82) is 0 Å². The average Bonchev–Trinajstić information content (AvgIpc) is 2.90. The number of halogens is 1. The summed E-state index contributed by atoms with van der Waals surface area (Å²) in [5, 5.41) is 8.81. The Hall–Kier alpha value is -1.26. The smallest absolute Gasteiger partial charge is 0.105 e. The van der Waals surface area contributed by atoms with Crippen LogP contribution in [0.15, 0.2) is 10.5 Å². The first-order chi connectivity index (χ1) is 9.97. The van der Waals surface area contributed by atoms with Crippen LogP contribution in [-0.2, 0) is 19.9 Å². The van der Waals surface area contributed by atoms with Crippen LogP contribution in [0.5, 0.6) is 0 Å². The van der Waals surface area contributed by atoms with Crippen molar-refractivity contribution in [2.75, 3.05) is 6.54 Å². The minimum atomic E-state index is 0.185. The van der Waals surface area contributed by atoms with Gasteiger partial charge in [-0.15, -0.1) is 0 Å². The molecule has 1 N–H and O–H groups in total. The van der Waals surface area contributed by atoms with Crippen LogP contribution in [-0.4, -0.2) is 16.3 Å². The Labute approximate surface area is 131 Å². The van der Waals surface area contributed by atoms with E-state index in [-0.39, 0.29) is 6.04 Å². The van der Waals surface area contributed by atoms with E-state index in [0.717, 1.165) is 47.3 Å². The lowest BCUT2D eigenvalue weighted by molar-refractivity contribution is 0.480. The van der Waals surface area contributed by atoms with Crippen molar-refractivity contribution in [1.82, 2.24) is 15.1 Å². The molecule has 116 valence electrons. The van der Waals surface area contributed by atoms with E-state index in [1.54, 1.807) is 0 Å². The maximum absolute atomic E-state index is 6.47. The lowest BCUT2D eigenvalue weighted by Gasteiger charge is -2.17. The third-order valence-electron chi connectivity index (χ3n) is 3.81. The van der Waals surface area contributed by atoms with Crippen LogP contribution < -0.4 is 5.32 Å². The van der Waals surface area contributed by atoms with Crippen LogP contribution in [0.1, 0.15) is 48.4 Å². The zero-order valence-electron chi connectivity index (χ0n) is 13.5. The van der Waals surface area contributed by atoms with Crippen molar-refractivity contribution < 1.29 is 4.42 Å². The molecule has 2 heterocycles. The van der Waals surface area contributed by atoms with Gasteiger partial charge < -0.3 is 9.73 Å². The predicted molar refractivity (Wildman–Crippen MR) is 85.9 cm³/mol. The van der Waals surface area contributed by atoms with E-state index < -0.39 is 0 Å². The van der Waals surface area contributed by atoms with E-state index >= 15 is 0 Å². The fourth-order valence-corrected chi connectivity index (χ4v) is 3.14. The molecular weight excluding hydrogens is 286 g/mol. The lowest BCUT2D eigenvalue weighted by atomic mass is 10.0. The fraction of sp³-hybridized carbons (Fsp3) is 0.562. The summed E-state index contributed by atoms with van der Waals surface area (Å²) < 4.78 is 7.57. The minimum absolute atomic E-state index is 0.185. The molecule has 2 aromatic rings. The van der Waals surface area contributed by atoms with Gasteiger partial charge >= 0.3 is 0 Å². The van der Waals surface area contributed by atoms with Crippen LogP contribution >= 0.6 is 11.6 Å². The van der Waals surface area contributed by atoms with E-state index in [2.05, 4.69) is 30.3 Å². The molecule has 2 aromatic heterocycles. The van der Waals surface area contributed by atoms with Crippen molar-refractivity contribution in [2.45, 2.75) is 46.6 Å². The first kappa shape index (κ1) is 16.1. The molecule has 5 heteroatoms. The number of aromatic nitrogens is 2. The van der Waals surface area contributed by atoms with Gasteiger partial charge in [-0.2, -0.15) is 5.10 Å². The number of hydrogen-bond donors (Lipinski definition) is 1. The molecule has 0 aliphatic rings. The molecular formula is C16H24ClN3O. The number of aryl methyl sites for hydroxylation is 4. The molecule has 0 aliphatic heterocycles. The van der Waals surface area contributed by atoms with Crippen LogP contribution in [0.3, 0.4) is 0 Å². The number of furan rings is 1. The molecule has 21 heavy (non-hydrogen) atoms. The Morgan fingerprint density at radius 3 is 2.57 bits per heavy atom. The highest BCUT2D eigenvalue weighted by Crippen LogP contribution is 2.29. The molecule has 0 spiro atoms. The van der Waals surface area contributed by atoms with E-state index in [4.69, 9.17) is 16.0 Å². The second kappa shape index (κ2) is 6.67. The van der Waals surface area contributed by atoms with Crippen LogP contribution in [0.4, 0.5) is 0 Å².